The molecule has 6 nitrogen and oxygen atoms in total. The Morgan fingerprint density at radius 2 is 1.81 bits per heavy atom. The van der Waals surface area contributed by atoms with Gasteiger partial charge in [0, 0.05) is 38.1 Å². The Kier molecular flexibility index (Phi) is 7.68. The van der Waals surface area contributed by atoms with Gasteiger partial charge in [0.25, 0.3) is 5.91 Å². The second-order valence-corrected chi connectivity index (χ2v) is 6.73. The van der Waals surface area contributed by atoms with Crippen molar-refractivity contribution < 1.29 is 9.53 Å². The van der Waals surface area contributed by atoms with Crippen molar-refractivity contribution in [2.75, 3.05) is 37.6 Å². The summed E-state index contributed by atoms with van der Waals surface area (Å²) in [6.45, 7) is 3.50. The van der Waals surface area contributed by atoms with Crippen molar-refractivity contribution >= 4 is 47.4 Å². The van der Waals surface area contributed by atoms with E-state index in [1.54, 1.807) is 0 Å². The Bertz CT molecular complexity index is 768. The highest BCUT2D eigenvalue weighted by Gasteiger charge is 2.34. The van der Waals surface area contributed by atoms with E-state index in [4.69, 9.17) is 15.5 Å². The number of para-hydroxylation sites is 1. The van der Waals surface area contributed by atoms with E-state index in [-0.39, 0.29) is 42.9 Å². The van der Waals surface area contributed by atoms with Crippen molar-refractivity contribution in [3.63, 3.8) is 0 Å². The Morgan fingerprint density at radius 1 is 1.07 bits per heavy atom. The average Bonchev–Trinajstić information content (AvgIpc) is 3.16. The molecule has 2 N–H and O–H groups in total. The number of amides is 1. The van der Waals surface area contributed by atoms with Crippen LogP contribution in [0.2, 0.25) is 0 Å². The second-order valence-electron chi connectivity index (χ2n) is 6.73. The summed E-state index contributed by atoms with van der Waals surface area (Å²) < 4.78 is 5.74. The van der Waals surface area contributed by atoms with Crippen LogP contribution in [0.4, 0.5) is 5.82 Å². The number of fused-ring (bicyclic) bond motifs is 1. The summed E-state index contributed by atoms with van der Waals surface area (Å²) >= 11 is 0. The van der Waals surface area contributed by atoms with Crippen LogP contribution in [0.15, 0.2) is 36.4 Å². The molecular formula is C19H26Cl2N4O2. The van der Waals surface area contributed by atoms with Gasteiger partial charge in [0.05, 0.1) is 11.6 Å². The minimum Gasteiger partial charge on any atom is -0.364 e. The minimum atomic E-state index is -0.307. The third-order valence-electron chi connectivity index (χ3n) is 5.14. The Balaban J connectivity index is 0.00000131. The summed E-state index contributed by atoms with van der Waals surface area (Å²) in [5.41, 5.74) is 6.64. The standard InChI is InChI=1S/C19H24N4O2.2ClH/c20-13-15-6-7-17(25-15)19(24)23-11-9-22(10-12-23)18-8-5-14-3-1-2-4-16(14)21-18;;/h1-5,8,15,17H,6-7,9-13,20H2;2*1H/t15-,17+;;/m1../s1. The fourth-order valence-electron chi connectivity index (χ4n) is 3.65. The van der Waals surface area contributed by atoms with E-state index < -0.39 is 0 Å². The van der Waals surface area contributed by atoms with Gasteiger partial charge in [0.1, 0.15) is 11.9 Å². The van der Waals surface area contributed by atoms with Crippen LogP contribution in [0.5, 0.6) is 0 Å². The molecule has 0 radical (unpaired) electrons. The first-order valence-electron chi connectivity index (χ1n) is 8.99. The van der Waals surface area contributed by atoms with Gasteiger partial charge in [-0.25, -0.2) is 4.98 Å². The number of halogens is 2. The number of nitrogens with zero attached hydrogens (tertiary/aromatic N) is 3. The normalized spacial score (nSPS) is 22.3. The number of hydrogen-bond donors (Lipinski definition) is 1. The zero-order valence-corrected chi connectivity index (χ0v) is 16.8. The molecule has 148 valence electrons. The van der Waals surface area contributed by atoms with Crippen molar-refractivity contribution in [2.24, 2.45) is 5.73 Å². The molecule has 1 aromatic heterocycles. The number of rotatable bonds is 3. The van der Waals surface area contributed by atoms with Gasteiger partial charge in [-0.3, -0.25) is 4.79 Å². The fourth-order valence-corrected chi connectivity index (χ4v) is 3.65. The van der Waals surface area contributed by atoms with Gasteiger partial charge in [-0.1, -0.05) is 18.2 Å². The molecule has 4 rings (SSSR count). The molecule has 1 aromatic carbocycles. The van der Waals surface area contributed by atoms with E-state index in [2.05, 4.69) is 23.1 Å². The Hall–Kier alpha value is -1.60. The molecule has 1 amide bonds. The number of carbonyl (C=O) groups excluding carboxylic acids is 1. The third-order valence-corrected chi connectivity index (χ3v) is 5.14. The second kappa shape index (κ2) is 9.55. The highest BCUT2D eigenvalue weighted by atomic mass is 35.5. The van der Waals surface area contributed by atoms with Crippen LogP contribution in [0, 0.1) is 0 Å². The van der Waals surface area contributed by atoms with Crippen molar-refractivity contribution in [3.8, 4) is 0 Å². The van der Waals surface area contributed by atoms with Crippen LogP contribution in [-0.4, -0.2) is 60.7 Å². The molecule has 2 fully saturated rings. The van der Waals surface area contributed by atoms with E-state index in [0.29, 0.717) is 19.6 Å². The number of nitrogens with two attached hydrogens (primary N) is 1. The number of carbonyl (C=O) groups is 1. The Morgan fingerprint density at radius 3 is 2.52 bits per heavy atom. The highest BCUT2D eigenvalue weighted by molar-refractivity contribution is 5.85. The number of ether oxygens (including phenoxy) is 1. The quantitative estimate of drug-likeness (QED) is 0.836. The summed E-state index contributed by atoms with van der Waals surface area (Å²) in [4.78, 5) is 21.5. The lowest BCUT2D eigenvalue weighted by Gasteiger charge is -2.36. The molecule has 0 spiro atoms. The predicted octanol–water partition coefficient (Wildman–Crippen LogP) is 2.23. The molecule has 0 bridgehead atoms. The number of pyridine rings is 1. The number of aromatic nitrogens is 1. The lowest BCUT2D eigenvalue weighted by atomic mass is 10.1. The monoisotopic (exact) mass is 412 g/mol. The van der Waals surface area contributed by atoms with Crippen LogP contribution in [-0.2, 0) is 9.53 Å². The first-order valence-corrected chi connectivity index (χ1v) is 8.99. The van der Waals surface area contributed by atoms with Gasteiger partial charge in [-0.15, -0.1) is 24.8 Å². The lowest BCUT2D eigenvalue weighted by Crippen LogP contribution is -2.51. The van der Waals surface area contributed by atoms with Gasteiger partial charge >= 0.3 is 0 Å². The van der Waals surface area contributed by atoms with Crippen LogP contribution in [0.25, 0.3) is 10.9 Å². The van der Waals surface area contributed by atoms with E-state index in [1.165, 1.54) is 0 Å². The third kappa shape index (κ3) is 4.63. The Labute approximate surface area is 171 Å². The van der Waals surface area contributed by atoms with Crippen LogP contribution < -0.4 is 10.6 Å². The van der Waals surface area contributed by atoms with Gasteiger partial charge < -0.3 is 20.3 Å². The average molecular weight is 413 g/mol. The summed E-state index contributed by atoms with van der Waals surface area (Å²) in [5, 5.41) is 1.15. The molecule has 0 saturated carbocycles. The van der Waals surface area contributed by atoms with Crippen LogP contribution >= 0.6 is 24.8 Å². The van der Waals surface area contributed by atoms with Crippen molar-refractivity contribution in [3.05, 3.63) is 36.4 Å². The van der Waals surface area contributed by atoms with Gasteiger partial charge in [-0.2, -0.15) is 0 Å². The SMILES string of the molecule is Cl.Cl.NC[C@H]1CC[C@@H](C(=O)N2CCN(c3ccc4ccccc4n3)CC2)O1. The molecule has 0 aliphatic carbocycles. The molecule has 8 heteroatoms. The number of benzene rings is 1. The predicted molar refractivity (Wildman–Crippen MR) is 112 cm³/mol. The van der Waals surface area contributed by atoms with E-state index in [9.17, 15) is 4.79 Å². The van der Waals surface area contributed by atoms with E-state index in [1.807, 2.05) is 23.1 Å². The minimum absolute atomic E-state index is 0. The van der Waals surface area contributed by atoms with Gasteiger partial charge in [0.2, 0.25) is 0 Å². The van der Waals surface area contributed by atoms with E-state index >= 15 is 0 Å². The molecule has 2 aliphatic rings. The van der Waals surface area contributed by atoms with Crippen molar-refractivity contribution in [2.45, 2.75) is 25.0 Å². The number of piperazine rings is 1. The summed E-state index contributed by atoms with van der Waals surface area (Å²) in [5.74, 6) is 1.09. The highest BCUT2D eigenvalue weighted by Crippen LogP contribution is 2.23. The molecule has 2 saturated heterocycles. The molecule has 2 aromatic rings. The largest absolute Gasteiger partial charge is 0.364 e. The molecular weight excluding hydrogens is 387 g/mol. The number of hydrogen-bond acceptors (Lipinski definition) is 5. The van der Waals surface area contributed by atoms with Crippen molar-refractivity contribution in [1.82, 2.24) is 9.88 Å². The van der Waals surface area contributed by atoms with Crippen LogP contribution in [0.3, 0.4) is 0 Å². The molecule has 2 aliphatic heterocycles. The van der Waals surface area contributed by atoms with Crippen molar-refractivity contribution in [1.29, 1.82) is 0 Å². The summed E-state index contributed by atoms with van der Waals surface area (Å²) in [7, 11) is 0. The van der Waals surface area contributed by atoms with Crippen LogP contribution in [0.1, 0.15) is 12.8 Å². The smallest absolute Gasteiger partial charge is 0.251 e. The maximum atomic E-state index is 12.6. The van der Waals surface area contributed by atoms with Gasteiger partial charge in [0.15, 0.2) is 0 Å². The zero-order chi connectivity index (χ0) is 17.2. The molecule has 27 heavy (non-hydrogen) atoms. The maximum absolute atomic E-state index is 12.6. The molecule has 3 heterocycles. The lowest BCUT2D eigenvalue weighted by molar-refractivity contribution is -0.143. The van der Waals surface area contributed by atoms with E-state index in [0.717, 1.165) is 42.7 Å². The first-order chi connectivity index (χ1) is 12.2. The summed E-state index contributed by atoms with van der Waals surface area (Å²) in [6.07, 6.45) is 1.40. The van der Waals surface area contributed by atoms with Gasteiger partial charge in [-0.05, 0) is 31.0 Å². The molecule has 0 unspecified atom stereocenters. The topological polar surface area (TPSA) is 71.7 Å². The zero-order valence-electron chi connectivity index (χ0n) is 15.1. The molecule has 2 atom stereocenters. The first kappa shape index (κ1) is 21.7. The fraction of sp³-hybridized carbons (Fsp3) is 0.474. The summed E-state index contributed by atoms with van der Waals surface area (Å²) in [6, 6.07) is 12.3. The maximum Gasteiger partial charge on any atom is 0.251 e. The number of anilines is 1.